The van der Waals surface area contributed by atoms with Gasteiger partial charge in [0.2, 0.25) is 11.8 Å². The van der Waals surface area contributed by atoms with Crippen molar-refractivity contribution >= 4 is 11.6 Å². The molecule has 5 nitrogen and oxygen atoms in total. The highest BCUT2D eigenvalue weighted by Crippen LogP contribution is 2.28. The molecule has 1 aromatic heterocycles. The van der Waals surface area contributed by atoms with Gasteiger partial charge in [-0.25, -0.2) is 4.98 Å². The molecule has 1 atom stereocenters. The molecule has 160 valence electrons. The second-order valence-electron chi connectivity index (χ2n) is 6.91. The lowest BCUT2D eigenvalue weighted by molar-refractivity contribution is -0.276. The number of carbonyl (C=O) groups is 1. The van der Waals surface area contributed by atoms with Crippen LogP contribution >= 0.6 is 0 Å². The molecule has 8 heteroatoms. The molecule has 0 radical (unpaired) electrons. The van der Waals surface area contributed by atoms with E-state index < -0.39 is 12.2 Å². The number of aromatic nitrogens is 1. The molecule has 1 aliphatic carbocycles. The third kappa shape index (κ3) is 5.62. The highest BCUT2D eigenvalue weighted by Gasteiger charge is 2.31. The maximum Gasteiger partial charge on any atom is 0.574 e. The van der Waals surface area contributed by atoms with Crippen LogP contribution in [0.2, 0.25) is 0 Å². The van der Waals surface area contributed by atoms with Gasteiger partial charge in [0, 0.05) is 20.6 Å². The Hall–Kier alpha value is -3.29. The fourth-order valence-electron chi connectivity index (χ4n) is 3.33. The van der Waals surface area contributed by atoms with Crippen LogP contribution in [0.5, 0.6) is 5.88 Å². The Labute approximate surface area is 174 Å². The number of halogens is 3. The second-order valence-corrected chi connectivity index (χ2v) is 6.91. The van der Waals surface area contributed by atoms with Crippen molar-refractivity contribution < 1.29 is 24.1 Å². The van der Waals surface area contributed by atoms with Crippen molar-refractivity contribution in [2.75, 3.05) is 18.4 Å². The van der Waals surface area contributed by atoms with Crippen LogP contribution in [-0.4, -0.2) is 41.3 Å². The molecule has 0 spiro atoms. The average Bonchev–Trinajstić information content (AvgIpc) is 2.89. The van der Waals surface area contributed by atoms with Gasteiger partial charge in [-0.05, 0) is 36.6 Å². The lowest BCUT2D eigenvalue weighted by Crippen LogP contribution is -2.34. The first-order chi connectivity index (χ1) is 14.2. The van der Waals surface area contributed by atoms with Crippen LogP contribution in [0.4, 0.5) is 18.9 Å². The molecule has 0 saturated heterocycles. The van der Waals surface area contributed by atoms with Gasteiger partial charge in [0.15, 0.2) is 0 Å². The van der Waals surface area contributed by atoms with E-state index in [0.29, 0.717) is 25.2 Å². The molecule has 1 N–H and O–H groups in total. The Bertz CT molecular complexity index is 934. The SMILES string of the molecule is C=CC(=O)N1CC=C(C2=CC=CC(C)=CC2Nc2ccc(OC(F)(F)F)nc2)CC1.[HH]. The molecular weight excluding hydrogens is 395 g/mol. The Kier molecular flexibility index (Phi) is 6.44. The van der Waals surface area contributed by atoms with Crippen LogP contribution in [0.3, 0.4) is 0 Å². The van der Waals surface area contributed by atoms with Crippen LogP contribution in [0.15, 0.2) is 78.1 Å². The van der Waals surface area contributed by atoms with Gasteiger partial charge >= 0.3 is 6.36 Å². The number of anilines is 1. The number of nitrogens with one attached hydrogen (secondary N) is 1. The summed E-state index contributed by atoms with van der Waals surface area (Å²) in [5.74, 6) is -0.613. The van der Waals surface area contributed by atoms with E-state index >= 15 is 0 Å². The highest BCUT2D eigenvalue weighted by molar-refractivity contribution is 5.87. The van der Waals surface area contributed by atoms with Gasteiger partial charge in [-0.15, -0.1) is 13.2 Å². The van der Waals surface area contributed by atoms with E-state index in [1.807, 2.05) is 37.3 Å². The maximum absolute atomic E-state index is 12.3. The van der Waals surface area contributed by atoms with Crippen molar-refractivity contribution in [3.05, 3.63) is 78.1 Å². The number of carbonyl (C=O) groups excluding carboxylic acids is 1. The zero-order valence-electron chi connectivity index (χ0n) is 16.4. The molecule has 3 rings (SSSR count). The zero-order chi connectivity index (χ0) is 21.7. The number of hydrogen-bond donors (Lipinski definition) is 1. The zero-order valence-corrected chi connectivity index (χ0v) is 16.4. The molecular formula is C22H24F3N3O2. The van der Waals surface area contributed by atoms with Gasteiger partial charge in [-0.3, -0.25) is 4.79 Å². The van der Waals surface area contributed by atoms with Gasteiger partial charge < -0.3 is 15.0 Å². The lowest BCUT2D eigenvalue weighted by Gasteiger charge is -2.29. The number of ether oxygens (including phenoxy) is 1. The molecule has 0 aromatic carbocycles. The molecule has 0 bridgehead atoms. The predicted octanol–water partition coefficient (Wildman–Crippen LogP) is 4.79. The summed E-state index contributed by atoms with van der Waals surface area (Å²) >= 11 is 0. The van der Waals surface area contributed by atoms with E-state index in [1.54, 1.807) is 4.90 Å². The normalized spacial score (nSPS) is 19.3. The Morgan fingerprint density at radius 2 is 2.23 bits per heavy atom. The van der Waals surface area contributed by atoms with Crippen LogP contribution in [0.1, 0.15) is 14.8 Å². The summed E-state index contributed by atoms with van der Waals surface area (Å²) < 4.78 is 40.8. The monoisotopic (exact) mass is 419 g/mol. The Balaban J connectivity index is 0.00000341. The van der Waals surface area contributed by atoms with Crippen molar-refractivity contribution in [3.63, 3.8) is 0 Å². The molecule has 2 aliphatic rings. The van der Waals surface area contributed by atoms with Gasteiger partial charge in [0.05, 0.1) is 17.9 Å². The summed E-state index contributed by atoms with van der Waals surface area (Å²) in [5.41, 5.74) is 3.75. The molecule has 1 aromatic rings. The van der Waals surface area contributed by atoms with E-state index in [2.05, 4.69) is 21.6 Å². The number of allylic oxidation sites excluding steroid dienone is 4. The fraction of sp³-hybridized carbons (Fsp3) is 0.273. The first-order valence-corrected chi connectivity index (χ1v) is 9.41. The number of amides is 1. The summed E-state index contributed by atoms with van der Waals surface area (Å²) in [4.78, 5) is 17.2. The van der Waals surface area contributed by atoms with E-state index in [0.717, 1.165) is 16.7 Å². The van der Waals surface area contributed by atoms with Crippen LogP contribution in [-0.2, 0) is 4.79 Å². The van der Waals surface area contributed by atoms with Gasteiger partial charge in [-0.2, -0.15) is 0 Å². The summed E-state index contributed by atoms with van der Waals surface area (Å²) in [6.07, 6.45) is 8.54. The predicted molar refractivity (Wildman–Crippen MR) is 111 cm³/mol. The van der Waals surface area contributed by atoms with Crippen molar-refractivity contribution in [1.29, 1.82) is 0 Å². The van der Waals surface area contributed by atoms with E-state index in [9.17, 15) is 18.0 Å². The minimum absolute atomic E-state index is 0. The summed E-state index contributed by atoms with van der Waals surface area (Å²) in [7, 11) is 0. The first-order valence-electron chi connectivity index (χ1n) is 9.41. The van der Waals surface area contributed by atoms with Crippen LogP contribution in [0, 0.1) is 0 Å². The summed E-state index contributed by atoms with van der Waals surface area (Å²) in [6, 6.07) is 2.46. The van der Waals surface area contributed by atoms with Crippen molar-refractivity contribution in [2.24, 2.45) is 0 Å². The smallest absolute Gasteiger partial charge is 0.388 e. The topological polar surface area (TPSA) is 54.5 Å². The molecule has 0 fully saturated rings. The largest absolute Gasteiger partial charge is 0.574 e. The quantitative estimate of drug-likeness (QED) is 0.697. The summed E-state index contributed by atoms with van der Waals surface area (Å²) in [5, 5.41) is 3.31. The molecule has 30 heavy (non-hydrogen) atoms. The fourth-order valence-corrected chi connectivity index (χ4v) is 3.33. The molecule has 1 aliphatic heterocycles. The number of pyridine rings is 1. The number of nitrogens with zero attached hydrogens (tertiary/aromatic N) is 2. The highest BCUT2D eigenvalue weighted by atomic mass is 19.4. The third-order valence-electron chi connectivity index (χ3n) is 4.74. The minimum Gasteiger partial charge on any atom is -0.388 e. The van der Waals surface area contributed by atoms with E-state index in [1.165, 1.54) is 24.4 Å². The lowest BCUT2D eigenvalue weighted by atomic mass is 9.92. The second kappa shape index (κ2) is 9.02. The van der Waals surface area contributed by atoms with Crippen LogP contribution in [0.25, 0.3) is 0 Å². The van der Waals surface area contributed by atoms with Crippen LogP contribution < -0.4 is 10.1 Å². The van der Waals surface area contributed by atoms with Gasteiger partial charge in [0.25, 0.3) is 0 Å². The van der Waals surface area contributed by atoms with Gasteiger partial charge in [-0.1, -0.05) is 42.5 Å². The average molecular weight is 419 g/mol. The standard InChI is InChI=1S/C22H22F3N3O2.H2/c1-3-21(29)28-11-9-16(10-12-28)18-6-4-5-15(2)13-19(18)27-17-7-8-20(26-14-17)30-22(23,24)25;/h3-9,13-14,19,27H,1,10-12H2,2H3;1H. The maximum atomic E-state index is 12.3. The van der Waals surface area contributed by atoms with Crippen molar-refractivity contribution in [1.82, 2.24) is 9.88 Å². The third-order valence-corrected chi connectivity index (χ3v) is 4.74. The molecule has 0 saturated carbocycles. The Morgan fingerprint density at radius 3 is 2.83 bits per heavy atom. The van der Waals surface area contributed by atoms with Crippen molar-refractivity contribution in [3.8, 4) is 5.88 Å². The number of alkyl halides is 3. The van der Waals surface area contributed by atoms with Gasteiger partial charge in [0.1, 0.15) is 0 Å². The first kappa shape index (κ1) is 21.4. The van der Waals surface area contributed by atoms with E-state index in [-0.39, 0.29) is 13.4 Å². The molecule has 2 heterocycles. The van der Waals surface area contributed by atoms with Crippen molar-refractivity contribution in [2.45, 2.75) is 25.7 Å². The summed E-state index contributed by atoms with van der Waals surface area (Å²) in [6.45, 7) is 6.59. The Morgan fingerprint density at radius 1 is 1.43 bits per heavy atom. The minimum atomic E-state index is -4.78. The molecule has 1 unspecified atom stereocenters. The molecule has 1 amide bonds. The number of rotatable bonds is 5. The van der Waals surface area contributed by atoms with E-state index in [4.69, 9.17) is 0 Å². The number of hydrogen-bond acceptors (Lipinski definition) is 4.